The molecule has 32 heavy (non-hydrogen) atoms. The fraction of sp³-hybridized carbons (Fsp3) is 0.615. The van der Waals surface area contributed by atoms with E-state index in [2.05, 4.69) is 44.5 Å². The molecule has 0 aliphatic carbocycles. The van der Waals surface area contributed by atoms with Crippen molar-refractivity contribution < 1.29 is 9.32 Å². The Morgan fingerprint density at radius 2 is 1.97 bits per heavy atom. The first-order valence-corrected chi connectivity index (χ1v) is 12.2. The first-order chi connectivity index (χ1) is 15.5. The molecule has 172 valence electrons. The highest BCUT2D eigenvalue weighted by Crippen LogP contribution is 2.39. The molecule has 3 aliphatic rings. The van der Waals surface area contributed by atoms with Crippen LogP contribution in [0.25, 0.3) is 0 Å². The van der Waals surface area contributed by atoms with E-state index in [-0.39, 0.29) is 11.3 Å². The van der Waals surface area contributed by atoms with Crippen LogP contribution in [0.5, 0.6) is 0 Å². The van der Waals surface area contributed by atoms with Gasteiger partial charge in [-0.2, -0.15) is 0 Å². The van der Waals surface area contributed by atoms with Gasteiger partial charge in [0.1, 0.15) is 11.3 Å². The highest BCUT2D eigenvalue weighted by atomic mass is 16.5. The van der Waals surface area contributed by atoms with Gasteiger partial charge in [0, 0.05) is 31.6 Å². The Bertz CT molecular complexity index is 945. The van der Waals surface area contributed by atoms with Gasteiger partial charge in [0.25, 0.3) is 5.91 Å². The van der Waals surface area contributed by atoms with Crippen LogP contribution in [0, 0.1) is 25.2 Å². The number of nitrogens with one attached hydrogen (secondary N) is 1. The number of piperidine rings is 2. The van der Waals surface area contributed by atoms with E-state index in [1.165, 1.54) is 49.9 Å². The first kappa shape index (κ1) is 21.7. The van der Waals surface area contributed by atoms with Gasteiger partial charge >= 0.3 is 0 Å². The lowest BCUT2D eigenvalue weighted by Gasteiger charge is -2.45. The molecule has 2 aromatic rings. The summed E-state index contributed by atoms with van der Waals surface area (Å²) in [4.78, 5) is 18.5. The zero-order valence-electron chi connectivity index (χ0n) is 19.5. The normalized spacial score (nSPS) is 25.0. The van der Waals surface area contributed by atoms with Gasteiger partial charge in [-0.3, -0.25) is 4.79 Å². The Morgan fingerprint density at radius 3 is 2.72 bits per heavy atom. The van der Waals surface area contributed by atoms with E-state index >= 15 is 0 Å². The predicted octanol–water partition coefficient (Wildman–Crippen LogP) is 3.57. The minimum atomic E-state index is 0.0628. The van der Waals surface area contributed by atoms with E-state index in [0.29, 0.717) is 23.6 Å². The highest BCUT2D eigenvalue weighted by molar-refractivity contribution is 5.96. The maximum Gasteiger partial charge on any atom is 0.259 e. The number of rotatable bonds is 3. The molecule has 2 fully saturated rings. The molecule has 0 radical (unpaired) electrons. The van der Waals surface area contributed by atoms with Crippen LogP contribution in [-0.4, -0.2) is 60.1 Å². The summed E-state index contributed by atoms with van der Waals surface area (Å²) < 4.78 is 5.34. The van der Waals surface area contributed by atoms with E-state index in [1.54, 1.807) is 0 Å². The van der Waals surface area contributed by atoms with Gasteiger partial charge < -0.3 is 19.6 Å². The minimum absolute atomic E-state index is 0.0628. The second-order valence-electron chi connectivity index (χ2n) is 10.3. The number of carbonyl (C=O) groups excluding carboxylic acids is 1. The number of hydrogen-bond acceptors (Lipinski definition) is 5. The number of amides is 1. The third kappa shape index (κ3) is 4.35. The van der Waals surface area contributed by atoms with E-state index in [9.17, 15) is 4.79 Å². The molecule has 1 unspecified atom stereocenters. The standard InChI is InChI=1S/C26H36N4O2/c1-19-24(20(2)32-28-19)25(31)30-16-23-7-4-3-6-22(23)14-26(18-30)10-5-13-29(17-26)15-21-8-11-27-12-9-21/h3-4,6-7,21,27H,5,8-18H2,1-2H3. The van der Waals surface area contributed by atoms with Crippen LogP contribution < -0.4 is 5.32 Å². The molecule has 2 saturated heterocycles. The Morgan fingerprint density at radius 1 is 1.19 bits per heavy atom. The molecular formula is C26H36N4O2. The molecule has 0 bridgehead atoms. The molecule has 6 heteroatoms. The smallest absolute Gasteiger partial charge is 0.259 e. The van der Waals surface area contributed by atoms with Gasteiger partial charge in [0.05, 0.1) is 5.69 Å². The molecule has 1 N–H and O–H groups in total. The van der Waals surface area contributed by atoms with Crippen molar-refractivity contribution in [1.82, 2.24) is 20.3 Å². The Labute approximate surface area is 191 Å². The number of aryl methyl sites for hydroxylation is 2. The summed E-state index contributed by atoms with van der Waals surface area (Å²) in [5, 5.41) is 7.54. The summed E-state index contributed by atoms with van der Waals surface area (Å²) in [5.74, 6) is 1.48. The lowest BCUT2D eigenvalue weighted by atomic mass is 9.74. The number of aromatic nitrogens is 1. The molecule has 1 amide bonds. The van der Waals surface area contributed by atoms with Crippen molar-refractivity contribution >= 4 is 5.91 Å². The maximum atomic E-state index is 13.7. The summed E-state index contributed by atoms with van der Waals surface area (Å²) in [7, 11) is 0. The first-order valence-electron chi connectivity index (χ1n) is 12.2. The summed E-state index contributed by atoms with van der Waals surface area (Å²) in [6, 6.07) is 8.71. The van der Waals surface area contributed by atoms with Crippen LogP contribution in [0.3, 0.4) is 0 Å². The number of hydrogen-bond donors (Lipinski definition) is 1. The molecule has 4 heterocycles. The highest BCUT2D eigenvalue weighted by Gasteiger charge is 2.41. The van der Waals surface area contributed by atoms with Crippen LogP contribution in [0.4, 0.5) is 0 Å². The average Bonchev–Trinajstić information content (AvgIpc) is 3.03. The van der Waals surface area contributed by atoms with E-state index in [1.807, 2.05) is 13.8 Å². The zero-order valence-corrected chi connectivity index (χ0v) is 19.5. The quantitative estimate of drug-likeness (QED) is 0.797. The molecule has 1 atom stereocenters. The van der Waals surface area contributed by atoms with Gasteiger partial charge in [-0.15, -0.1) is 0 Å². The molecule has 1 aromatic carbocycles. The summed E-state index contributed by atoms with van der Waals surface area (Å²) in [5.41, 5.74) is 4.12. The molecular weight excluding hydrogens is 400 g/mol. The zero-order chi connectivity index (χ0) is 22.1. The largest absolute Gasteiger partial charge is 0.361 e. The van der Waals surface area contributed by atoms with Gasteiger partial charge in [0.2, 0.25) is 0 Å². The van der Waals surface area contributed by atoms with Crippen molar-refractivity contribution in [3.8, 4) is 0 Å². The SMILES string of the molecule is Cc1noc(C)c1C(=O)N1Cc2ccccc2CC2(CCCN(CC3CCNCC3)C2)C1. The van der Waals surface area contributed by atoms with Gasteiger partial charge in [-0.25, -0.2) is 0 Å². The van der Waals surface area contributed by atoms with Crippen molar-refractivity contribution in [3.05, 3.63) is 52.4 Å². The van der Waals surface area contributed by atoms with Crippen molar-refractivity contribution in [1.29, 1.82) is 0 Å². The molecule has 5 rings (SSSR count). The van der Waals surface area contributed by atoms with Crippen molar-refractivity contribution in [2.45, 2.75) is 52.5 Å². The number of fused-ring (bicyclic) bond motifs is 1. The maximum absolute atomic E-state index is 13.7. The molecule has 6 nitrogen and oxygen atoms in total. The Kier molecular flexibility index (Phi) is 6.08. The topological polar surface area (TPSA) is 61.6 Å². The van der Waals surface area contributed by atoms with Crippen molar-refractivity contribution in [3.63, 3.8) is 0 Å². The number of benzene rings is 1. The molecule has 3 aliphatic heterocycles. The van der Waals surface area contributed by atoms with E-state index in [4.69, 9.17) is 4.52 Å². The van der Waals surface area contributed by atoms with Gasteiger partial charge in [-0.1, -0.05) is 29.4 Å². The monoisotopic (exact) mass is 436 g/mol. The second kappa shape index (κ2) is 8.99. The summed E-state index contributed by atoms with van der Waals surface area (Å²) >= 11 is 0. The Balaban J connectivity index is 1.42. The van der Waals surface area contributed by atoms with Gasteiger partial charge in [-0.05, 0) is 82.6 Å². The second-order valence-corrected chi connectivity index (χ2v) is 10.3. The van der Waals surface area contributed by atoms with Crippen LogP contribution in [0.15, 0.2) is 28.8 Å². The van der Waals surface area contributed by atoms with Crippen LogP contribution in [-0.2, 0) is 13.0 Å². The van der Waals surface area contributed by atoms with E-state index in [0.717, 1.165) is 38.5 Å². The van der Waals surface area contributed by atoms with Crippen LogP contribution in [0.1, 0.15) is 58.6 Å². The number of carbonyl (C=O) groups is 1. The molecule has 1 aromatic heterocycles. The number of nitrogens with zero attached hydrogens (tertiary/aromatic N) is 3. The average molecular weight is 437 g/mol. The minimum Gasteiger partial charge on any atom is -0.361 e. The molecule has 0 saturated carbocycles. The number of likely N-dealkylation sites (tertiary alicyclic amines) is 1. The fourth-order valence-corrected chi connectivity index (χ4v) is 6.27. The van der Waals surface area contributed by atoms with Gasteiger partial charge in [0.15, 0.2) is 0 Å². The third-order valence-corrected chi connectivity index (χ3v) is 7.82. The lowest BCUT2D eigenvalue weighted by molar-refractivity contribution is 0.0344. The molecule has 1 spiro atoms. The fourth-order valence-electron chi connectivity index (χ4n) is 6.27. The lowest BCUT2D eigenvalue weighted by Crippen LogP contribution is -2.51. The Hall–Kier alpha value is -2.18. The third-order valence-electron chi connectivity index (χ3n) is 7.82. The van der Waals surface area contributed by atoms with Crippen molar-refractivity contribution in [2.75, 3.05) is 39.3 Å². The van der Waals surface area contributed by atoms with Crippen LogP contribution >= 0.6 is 0 Å². The van der Waals surface area contributed by atoms with Crippen molar-refractivity contribution in [2.24, 2.45) is 11.3 Å². The van der Waals surface area contributed by atoms with Crippen LogP contribution in [0.2, 0.25) is 0 Å². The summed E-state index contributed by atoms with van der Waals surface area (Å²) in [6.07, 6.45) is 6.00. The van der Waals surface area contributed by atoms with E-state index < -0.39 is 0 Å². The summed E-state index contributed by atoms with van der Waals surface area (Å²) in [6.45, 7) is 10.9. The predicted molar refractivity (Wildman–Crippen MR) is 125 cm³/mol.